The van der Waals surface area contributed by atoms with Gasteiger partial charge in [-0.1, -0.05) is 17.9 Å². The van der Waals surface area contributed by atoms with Crippen LogP contribution in [-0.2, 0) is 9.53 Å². The Bertz CT molecular complexity index is 1220. The van der Waals surface area contributed by atoms with Crippen LogP contribution in [0.4, 0.5) is 22.2 Å². The van der Waals surface area contributed by atoms with Gasteiger partial charge in [0.1, 0.15) is 17.5 Å². The van der Waals surface area contributed by atoms with E-state index in [1.54, 1.807) is 31.4 Å². The van der Waals surface area contributed by atoms with Gasteiger partial charge in [0.2, 0.25) is 11.9 Å². The van der Waals surface area contributed by atoms with Crippen molar-refractivity contribution in [3.8, 4) is 17.9 Å². The summed E-state index contributed by atoms with van der Waals surface area (Å²) in [7, 11) is 1.76. The Morgan fingerprint density at radius 1 is 1.30 bits per heavy atom. The number of hydrogen-bond donors (Lipinski definition) is 3. The number of unbranched alkanes of at least 4 members (excludes halogenated alkanes) is 1. The van der Waals surface area contributed by atoms with Gasteiger partial charge in [-0.05, 0) is 58.2 Å². The molecule has 0 aliphatic carbocycles. The lowest BCUT2D eigenvalue weighted by Crippen LogP contribution is -2.47. The summed E-state index contributed by atoms with van der Waals surface area (Å²) in [4.78, 5) is 35.3. The normalized spacial score (nSPS) is 14.7. The molecule has 1 aliphatic heterocycles. The number of nitrogens with one attached hydrogen (secondary N) is 3. The van der Waals surface area contributed by atoms with E-state index in [1.165, 1.54) is 4.90 Å². The van der Waals surface area contributed by atoms with Crippen LogP contribution in [0.1, 0.15) is 57.6 Å². The monoisotopic (exact) mass is 503 g/mol. The van der Waals surface area contributed by atoms with E-state index in [9.17, 15) is 9.59 Å². The second-order valence-corrected chi connectivity index (χ2v) is 9.55. The van der Waals surface area contributed by atoms with Crippen molar-refractivity contribution in [3.63, 3.8) is 0 Å². The van der Waals surface area contributed by atoms with Crippen LogP contribution in [0.2, 0.25) is 0 Å². The van der Waals surface area contributed by atoms with Gasteiger partial charge in [0, 0.05) is 32.2 Å². The summed E-state index contributed by atoms with van der Waals surface area (Å²) in [6.45, 7) is 6.42. The van der Waals surface area contributed by atoms with Crippen LogP contribution in [0.3, 0.4) is 0 Å². The Morgan fingerprint density at radius 2 is 2.11 bits per heavy atom. The molecule has 1 atom stereocenters. The first kappa shape index (κ1) is 27.3. The number of likely N-dealkylation sites (tertiary alicyclic amines) is 1. The molecule has 1 aliphatic rings. The Labute approximate surface area is 217 Å². The van der Waals surface area contributed by atoms with E-state index in [0.717, 1.165) is 6.42 Å². The molecule has 2 aromatic rings. The number of carbonyl (C=O) groups is 2. The van der Waals surface area contributed by atoms with E-state index in [2.05, 4.69) is 43.8 Å². The number of anilines is 3. The molecule has 10 nitrogen and oxygen atoms in total. The molecule has 0 unspecified atom stereocenters. The van der Waals surface area contributed by atoms with Crippen molar-refractivity contribution in [1.29, 1.82) is 5.26 Å². The first-order valence-corrected chi connectivity index (χ1v) is 12.3. The first-order chi connectivity index (χ1) is 17.7. The van der Waals surface area contributed by atoms with Gasteiger partial charge in [-0.3, -0.25) is 9.69 Å². The van der Waals surface area contributed by atoms with E-state index in [0.29, 0.717) is 60.9 Å². The predicted octanol–water partition coefficient (Wildman–Crippen LogP) is 3.78. The number of amides is 2. The number of nitrogens with zero attached hydrogens (tertiary/aromatic N) is 4. The first-order valence-electron chi connectivity index (χ1n) is 12.3. The summed E-state index contributed by atoms with van der Waals surface area (Å²) in [5.41, 5.74) is 1.31. The topological polar surface area (TPSA) is 132 Å². The fourth-order valence-electron chi connectivity index (χ4n) is 3.76. The molecule has 2 heterocycles. The Balaban J connectivity index is 1.48. The van der Waals surface area contributed by atoms with Crippen LogP contribution in [0.5, 0.6) is 0 Å². The van der Waals surface area contributed by atoms with Gasteiger partial charge in [-0.15, -0.1) is 0 Å². The van der Waals surface area contributed by atoms with Gasteiger partial charge in [0.25, 0.3) is 0 Å². The molecule has 3 N–H and O–H groups in total. The predicted molar refractivity (Wildman–Crippen MR) is 141 cm³/mol. The number of carbonyl (C=O) groups excluding carboxylic acids is 2. The molecule has 194 valence electrons. The average Bonchev–Trinajstić information content (AvgIpc) is 3.36. The summed E-state index contributed by atoms with van der Waals surface area (Å²) < 4.78 is 5.42. The lowest BCUT2D eigenvalue weighted by molar-refractivity contribution is -0.125. The second kappa shape index (κ2) is 12.6. The summed E-state index contributed by atoms with van der Waals surface area (Å²) >= 11 is 0. The van der Waals surface area contributed by atoms with E-state index < -0.39 is 17.7 Å². The standard InChI is InChI=1S/C27H33N7O3/c1-27(2,3)37-26(36)34-15-9-13-22(34)24(35)30-14-7-5-6-11-20-18-31-25(33-23(20)29-4)32-21-12-8-10-19(16-21)17-28/h8,10,12,16,18,22H,5,7,9,13-15H2,1-4H3,(H,30,35)(H2,29,31,32,33)/t22-/m0/s1. The molecule has 0 spiro atoms. The van der Waals surface area contributed by atoms with Crippen LogP contribution < -0.4 is 16.0 Å². The molecule has 1 aromatic heterocycles. The largest absolute Gasteiger partial charge is 0.444 e. The Morgan fingerprint density at radius 3 is 2.84 bits per heavy atom. The molecular weight excluding hydrogens is 470 g/mol. The zero-order valence-corrected chi connectivity index (χ0v) is 21.7. The van der Waals surface area contributed by atoms with Crippen LogP contribution in [0.15, 0.2) is 30.5 Å². The van der Waals surface area contributed by atoms with Gasteiger partial charge in [0.05, 0.1) is 23.4 Å². The number of benzene rings is 1. The Kier molecular flexibility index (Phi) is 9.28. The molecule has 2 amide bonds. The highest BCUT2D eigenvalue weighted by molar-refractivity contribution is 5.86. The minimum absolute atomic E-state index is 0.161. The minimum Gasteiger partial charge on any atom is -0.444 e. The molecular formula is C27H33N7O3. The highest BCUT2D eigenvalue weighted by atomic mass is 16.6. The van der Waals surface area contributed by atoms with Crippen molar-refractivity contribution in [1.82, 2.24) is 20.2 Å². The third kappa shape index (κ3) is 8.11. The van der Waals surface area contributed by atoms with E-state index in [4.69, 9.17) is 10.00 Å². The zero-order chi connectivity index (χ0) is 26.8. The highest BCUT2D eigenvalue weighted by Crippen LogP contribution is 2.21. The van der Waals surface area contributed by atoms with E-state index >= 15 is 0 Å². The van der Waals surface area contributed by atoms with Crippen LogP contribution in [0.25, 0.3) is 0 Å². The molecule has 1 fully saturated rings. The van der Waals surface area contributed by atoms with Gasteiger partial charge in [-0.25, -0.2) is 9.78 Å². The number of hydrogen-bond acceptors (Lipinski definition) is 8. The maximum atomic E-state index is 12.6. The minimum atomic E-state index is -0.599. The van der Waals surface area contributed by atoms with Crippen molar-refractivity contribution in [2.45, 2.75) is 58.1 Å². The summed E-state index contributed by atoms with van der Waals surface area (Å²) in [6, 6.07) is 8.67. The molecule has 0 saturated carbocycles. The highest BCUT2D eigenvalue weighted by Gasteiger charge is 2.36. The number of rotatable bonds is 7. The van der Waals surface area contributed by atoms with Crippen molar-refractivity contribution >= 4 is 29.5 Å². The SMILES string of the molecule is CNc1nc(Nc2cccc(C#N)c2)ncc1C#CCCCNC(=O)[C@@H]1CCCN1C(=O)OC(C)(C)C. The fourth-order valence-corrected chi connectivity index (χ4v) is 3.76. The number of nitriles is 1. The molecule has 0 bridgehead atoms. The lowest BCUT2D eigenvalue weighted by Gasteiger charge is -2.28. The third-order valence-corrected chi connectivity index (χ3v) is 5.46. The molecule has 10 heteroatoms. The van der Waals surface area contributed by atoms with Crippen LogP contribution in [0, 0.1) is 23.2 Å². The zero-order valence-electron chi connectivity index (χ0n) is 21.7. The van der Waals surface area contributed by atoms with Crippen molar-refractivity contribution < 1.29 is 14.3 Å². The summed E-state index contributed by atoms with van der Waals surface area (Å²) in [5, 5.41) is 18.1. The number of ether oxygens (including phenoxy) is 1. The Hall–Kier alpha value is -4.31. The van der Waals surface area contributed by atoms with E-state index in [-0.39, 0.29) is 5.91 Å². The van der Waals surface area contributed by atoms with Gasteiger partial charge in [0.15, 0.2) is 0 Å². The second-order valence-electron chi connectivity index (χ2n) is 9.55. The van der Waals surface area contributed by atoms with Gasteiger partial charge < -0.3 is 20.7 Å². The van der Waals surface area contributed by atoms with Crippen molar-refractivity contribution in [2.75, 3.05) is 30.8 Å². The van der Waals surface area contributed by atoms with Crippen LogP contribution >= 0.6 is 0 Å². The molecule has 1 aromatic carbocycles. The molecule has 3 rings (SSSR count). The smallest absolute Gasteiger partial charge is 0.410 e. The summed E-state index contributed by atoms with van der Waals surface area (Å²) in [6.07, 6.45) is 3.84. The van der Waals surface area contributed by atoms with E-state index in [1.807, 2.05) is 26.8 Å². The quantitative estimate of drug-likeness (QED) is 0.384. The maximum Gasteiger partial charge on any atom is 0.410 e. The van der Waals surface area contributed by atoms with Gasteiger partial charge in [-0.2, -0.15) is 10.2 Å². The molecule has 37 heavy (non-hydrogen) atoms. The van der Waals surface area contributed by atoms with Gasteiger partial charge >= 0.3 is 6.09 Å². The van der Waals surface area contributed by atoms with Crippen molar-refractivity contribution in [3.05, 3.63) is 41.6 Å². The fraction of sp³-hybridized carbons (Fsp3) is 0.444. The van der Waals surface area contributed by atoms with Crippen LogP contribution in [-0.4, -0.2) is 58.6 Å². The van der Waals surface area contributed by atoms with Crippen molar-refractivity contribution in [2.24, 2.45) is 0 Å². The third-order valence-electron chi connectivity index (χ3n) is 5.46. The summed E-state index contributed by atoms with van der Waals surface area (Å²) in [5.74, 6) is 6.97. The molecule has 0 radical (unpaired) electrons. The number of aromatic nitrogens is 2. The molecule has 1 saturated heterocycles. The maximum absolute atomic E-state index is 12.6. The average molecular weight is 504 g/mol. The lowest BCUT2D eigenvalue weighted by atomic mass is 10.2.